The van der Waals surface area contributed by atoms with E-state index in [1.165, 1.54) is 5.56 Å². The van der Waals surface area contributed by atoms with Gasteiger partial charge in [-0.3, -0.25) is 0 Å². The molecular weight excluding hydrogens is 292 g/mol. The van der Waals surface area contributed by atoms with Crippen LogP contribution in [0, 0.1) is 5.92 Å². The Hall–Kier alpha value is -0.940. The van der Waals surface area contributed by atoms with Gasteiger partial charge in [-0.15, -0.1) is 0 Å². The van der Waals surface area contributed by atoms with Crippen LogP contribution in [0.15, 0.2) is 30.3 Å². The van der Waals surface area contributed by atoms with Crippen molar-refractivity contribution in [2.75, 3.05) is 13.2 Å². The summed E-state index contributed by atoms with van der Waals surface area (Å²) in [7, 11) is 0. The van der Waals surface area contributed by atoms with Gasteiger partial charge in [-0.2, -0.15) is 0 Å². The second-order valence-electron chi connectivity index (χ2n) is 6.83. The van der Waals surface area contributed by atoms with Gasteiger partial charge in [0.25, 0.3) is 0 Å². The van der Waals surface area contributed by atoms with Crippen molar-refractivity contribution in [2.24, 2.45) is 5.92 Å². The molecule has 0 radical (unpaired) electrons. The van der Waals surface area contributed by atoms with Crippen LogP contribution in [0.25, 0.3) is 0 Å². The number of aliphatic hydroxyl groups is 1. The first-order valence-corrected chi connectivity index (χ1v) is 8.60. The molecule has 1 aromatic rings. The summed E-state index contributed by atoms with van der Waals surface area (Å²) in [6.07, 6.45) is 2.94. The molecule has 4 nitrogen and oxygen atoms in total. The molecule has 1 aromatic carbocycles. The van der Waals surface area contributed by atoms with E-state index in [2.05, 4.69) is 19.1 Å². The molecule has 23 heavy (non-hydrogen) atoms. The van der Waals surface area contributed by atoms with Crippen molar-refractivity contribution >= 4 is 0 Å². The lowest BCUT2D eigenvalue weighted by Gasteiger charge is -2.22. The predicted octanol–water partition coefficient (Wildman–Crippen LogP) is 3.52. The highest BCUT2D eigenvalue weighted by Crippen LogP contribution is 2.33. The van der Waals surface area contributed by atoms with Crippen molar-refractivity contribution in [1.82, 2.24) is 0 Å². The van der Waals surface area contributed by atoms with E-state index in [0.29, 0.717) is 12.5 Å². The first-order chi connectivity index (χ1) is 11.0. The lowest BCUT2D eigenvalue weighted by atomic mass is 9.94. The van der Waals surface area contributed by atoms with Gasteiger partial charge in [0.15, 0.2) is 5.79 Å². The molecule has 1 aliphatic heterocycles. The van der Waals surface area contributed by atoms with Crippen LogP contribution in [0.1, 0.15) is 45.6 Å². The maximum Gasteiger partial charge on any atom is 0.163 e. The normalized spacial score (nSPS) is 24.7. The Morgan fingerprint density at radius 1 is 1.17 bits per heavy atom. The topological polar surface area (TPSA) is 47.9 Å². The highest BCUT2D eigenvalue weighted by molar-refractivity contribution is 5.13. The molecule has 1 aliphatic rings. The van der Waals surface area contributed by atoms with Crippen LogP contribution in [-0.2, 0) is 20.8 Å². The Morgan fingerprint density at radius 2 is 1.91 bits per heavy atom. The minimum absolute atomic E-state index is 0.0125. The summed E-state index contributed by atoms with van der Waals surface area (Å²) in [6.45, 7) is 7.44. The van der Waals surface area contributed by atoms with Crippen LogP contribution < -0.4 is 0 Å². The fourth-order valence-corrected chi connectivity index (χ4v) is 3.09. The molecule has 0 spiro atoms. The highest BCUT2D eigenvalue weighted by atomic mass is 16.8. The van der Waals surface area contributed by atoms with E-state index in [1.54, 1.807) is 0 Å². The third-order valence-electron chi connectivity index (χ3n) is 4.27. The summed E-state index contributed by atoms with van der Waals surface area (Å²) in [6, 6.07) is 10.2. The smallest absolute Gasteiger partial charge is 0.163 e. The van der Waals surface area contributed by atoms with Gasteiger partial charge in [-0.05, 0) is 38.2 Å². The SMILES string of the molecule is C[C@@H](CCCCOCc1ccccc1)[C@@H]1OC(C)(C)O[C@H]1CO. The zero-order valence-electron chi connectivity index (χ0n) is 14.5. The number of ether oxygens (including phenoxy) is 3. The van der Waals surface area contributed by atoms with E-state index in [-0.39, 0.29) is 18.8 Å². The maximum atomic E-state index is 9.44. The second kappa shape index (κ2) is 8.78. The van der Waals surface area contributed by atoms with Crippen LogP contribution in [0.4, 0.5) is 0 Å². The van der Waals surface area contributed by atoms with Gasteiger partial charge in [-0.25, -0.2) is 0 Å². The number of rotatable bonds is 9. The molecule has 130 valence electrons. The number of hydrogen-bond acceptors (Lipinski definition) is 4. The second-order valence-corrected chi connectivity index (χ2v) is 6.83. The Labute approximate surface area is 139 Å². The van der Waals surface area contributed by atoms with Crippen molar-refractivity contribution in [2.45, 2.75) is 64.6 Å². The Kier molecular flexibility index (Phi) is 7.03. The van der Waals surface area contributed by atoms with E-state index in [9.17, 15) is 5.11 Å². The molecule has 0 bridgehead atoms. The van der Waals surface area contributed by atoms with E-state index in [4.69, 9.17) is 14.2 Å². The molecule has 4 heteroatoms. The molecule has 0 unspecified atom stereocenters. The summed E-state index contributed by atoms with van der Waals surface area (Å²) in [5, 5.41) is 9.44. The Balaban J connectivity index is 1.60. The van der Waals surface area contributed by atoms with Crippen molar-refractivity contribution in [3.05, 3.63) is 35.9 Å². The molecule has 0 aromatic heterocycles. The van der Waals surface area contributed by atoms with Crippen molar-refractivity contribution in [1.29, 1.82) is 0 Å². The first-order valence-electron chi connectivity index (χ1n) is 8.60. The maximum absolute atomic E-state index is 9.44. The zero-order valence-corrected chi connectivity index (χ0v) is 14.5. The van der Waals surface area contributed by atoms with Gasteiger partial charge < -0.3 is 19.3 Å². The first kappa shape index (κ1) is 18.4. The van der Waals surface area contributed by atoms with Crippen LogP contribution >= 0.6 is 0 Å². The van der Waals surface area contributed by atoms with Crippen molar-refractivity contribution in [3.8, 4) is 0 Å². The van der Waals surface area contributed by atoms with Gasteiger partial charge >= 0.3 is 0 Å². The summed E-state index contributed by atoms with van der Waals surface area (Å²) < 4.78 is 17.4. The molecule has 1 saturated heterocycles. The zero-order chi connectivity index (χ0) is 16.7. The molecule has 2 rings (SSSR count). The molecule has 3 atom stereocenters. The summed E-state index contributed by atoms with van der Waals surface area (Å²) in [5.74, 6) is -0.228. The molecule has 1 N–H and O–H groups in total. The summed E-state index contributed by atoms with van der Waals surface area (Å²) in [5.41, 5.74) is 1.21. The fraction of sp³-hybridized carbons (Fsp3) is 0.684. The average Bonchev–Trinajstić information content (AvgIpc) is 2.86. The third kappa shape index (κ3) is 5.88. The Morgan fingerprint density at radius 3 is 2.61 bits per heavy atom. The van der Waals surface area contributed by atoms with Crippen molar-refractivity contribution < 1.29 is 19.3 Å². The molecule has 0 saturated carbocycles. The number of aliphatic hydroxyl groups excluding tert-OH is 1. The molecule has 0 aliphatic carbocycles. The molecular formula is C19H30O4. The fourth-order valence-electron chi connectivity index (χ4n) is 3.09. The van der Waals surface area contributed by atoms with E-state index >= 15 is 0 Å². The highest BCUT2D eigenvalue weighted by Gasteiger charge is 2.43. The van der Waals surface area contributed by atoms with E-state index < -0.39 is 5.79 Å². The minimum Gasteiger partial charge on any atom is -0.394 e. The standard InChI is InChI=1S/C19H30O4/c1-15(18-17(13-20)22-19(2,3)23-18)9-7-8-12-21-14-16-10-5-4-6-11-16/h4-6,10-11,15,17-18,20H,7-9,12-14H2,1-3H3/t15-,17-,18-/m0/s1. The number of benzene rings is 1. The number of unbranched alkanes of at least 4 members (excludes halogenated alkanes) is 1. The minimum atomic E-state index is -0.592. The van der Waals surface area contributed by atoms with Crippen molar-refractivity contribution in [3.63, 3.8) is 0 Å². The summed E-state index contributed by atoms with van der Waals surface area (Å²) >= 11 is 0. The predicted molar refractivity (Wildman–Crippen MR) is 90.0 cm³/mol. The monoisotopic (exact) mass is 322 g/mol. The van der Waals surface area contributed by atoms with Crippen LogP contribution in [0.5, 0.6) is 0 Å². The lowest BCUT2D eigenvalue weighted by molar-refractivity contribution is -0.152. The van der Waals surface area contributed by atoms with Gasteiger partial charge in [0.2, 0.25) is 0 Å². The summed E-state index contributed by atoms with van der Waals surface area (Å²) in [4.78, 5) is 0. The van der Waals surface area contributed by atoms with Gasteiger partial charge in [0, 0.05) is 6.61 Å². The van der Waals surface area contributed by atoms with Gasteiger partial charge in [0.1, 0.15) is 6.10 Å². The van der Waals surface area contributed by atoms with Crippen LogP contribution in [-0.4, -0.2) is 36.3 Å². The third-order valence-corrected chi connectivity index (χ3v) is 4.27. The quantitative estimate of drug-likeness (QED) is 0.707. The molecule has 1 fully saturated rings. The van der Waals surface area contributed by atoms with Crippen LogP contribution in [0.3, 0.4) is 0 Å². The Bertz CT molecular complexity index is 446. The van der Waals surface area contributed by atoms with Gasteiger partial charge in [-0.1, -0.05) is 43.7 Å². The van der Waals surface area contributed by atoms with Gasteiger partial charge in [0.05, 0.1) is 19.3 Å². The van der Waals surface area contributed by atoms with E-state index in [1.807, 2.05) is 32.0 Å². The molecule has 0 amide bonds. The van der Waals surface area contributed by atoms with Crippen LogP contribution in [0.2, 0.25) is 0 Å². The lowest BCUT2D eigenvalue weighted by Crippen LogP contribution is -2.32. The van der Waals surface area contributed by atoms with E-state index in [0.717, 1.165) is 25.9 Å². The number of hydrogen-bond donors (Lipinski definition) is 1. The largest absolute Gasteiger partial charge is 0.394 e. The molecule has 1 heterocycles. The average molecular weight is 322 g/mol.